The molecule has 0 radical (unpaired) electrons. The monoisotopic (exact) mass is 347 g/mol. The van der Waals surface area contributed by atoms with Gasteiger partial charge in [0.2, 0.25) is 11.8 Å². The molecule has 1 aromatic rings. The van der Waals surface area contributed by atoms with E-state index in [4.69, 9.17) is 0 Å². The fraction of sp³-hybridized carbons (Fsp3) is 0.600. The molecule has 3 N–H and O–H groups in total. The summed E-state index contributed by atoms with van der Waals surface area (Å²) in [4.78, 5) is 23.3. The summed E-state index contributed by atoms with van der Waals surface area (Å²) in [5.74, 6) is 0.565. The van der Waals surface area contributed by atoms with Gasteiger partial charge in [0.05, 0.1) is 13.1 Å². The fourth-order valence-electron chi connectivity index (χ4n) is 2.71. The molecule has 0 spiro atoms. The molecule has 1 aromatic carbocycles. The SMILES string of the molecule is CCNC(=O)CNC(=O)CN[C@H](c1ccc([C@@H](C)CC)cc1)C(C)C. The normalized spacial score (nSPS) is 13.4. The summed E-state index contributed by atoms with van der Waals surface area (Å²) in [6.07, 6.45) is 1.12. The lowest BCUT2D eigenvalue weighted by atomic mass is 9.92. The summed E-state index contributed by atoms with van der Waals surface area (Å²) in [6, 6.07) is 8.74. The molecule has 25 heavy (non-hydrogen) atoms. The molecule has 0 aromatic heterocycles. The van der Waals surface area contributed by atoms with E-state index >= 15 is 0 Å². The highest BCUT2D eigenvalue weighted by molar-refractivity contribution is 5.85. The van der Waals surface area contributed by atoms with Gasteiger partial charge in [0.25, 0.3) is 0 Å². The molecule has 140 valence electrons. The third-order valence-corrected chi connectivity index (χ3v) is 4.45. The third-order valence-electron chi connectivity index (χ3n) is 4.45. The first kappa shape index (κ1) is 21.2. The van der Waals surface area contributed by atoms with Gasteiger partial charge in [-0.25, -0.2) is 0 Å². The van der Waals surface area contributed by atoms with Crippen LogP contribution in [0.25, 0.3) is 0 Å². The summed E-state index contributed by atoms with van der Waals surface area (Å²) in [6.45, 7) is 11.3. The summed E-state index contributed by atoms with van der Waals surface area (Å²) < 4.78 is 0. The van der Waals surface area contributed by atoms with E-state index in [0.29, 0.717) is 18.4 Å². The van der Waals surface area contributed by atoms with Crippen molar-refractivity contribution in [1.82, 2.24) is 16.0 Å². The number of amides is 2. The minimum absolute atomic E-state index is 0.0182. The molecule has 0 aliphatic rings. The van der Waals surface area contributed by atoms with Crippen LogP contribution in [0, 0.1) is 5.92 Å². The lowest BCUT2D eigenvalue weighted by molar-refractivity contribution is -0.125. The third kappa shape index (κ3) is 7.26. The van der Waals surface area contributed by atoms with Gasteiger partial charge in [0.1, 0.15) is 0 Å². The summed E-state index contributed by atoms with van der Waals surface area (Å²) in [5.41, 5.74) is 2.52. The molecule has 2 amide bonds. The number of carbonyl (C=O) groups excluding carboxylic acids is 2. The van der Waals surface area contributed by atoms with Crippen molar-refractivity contribution in [3.63, 3.8) is 0 Å². The van der Waals surface area contributed by atoms with Gasteiger partial charge in [-0.3, -0.25) is 9.59 Å². The first-order valence-corrected chi connectivity index (χ1v) is 9.25. The molecule has 2 atom stereocenters. The Labute approximate surface area is 152 Å². The van der Waals surface area contributed by atoms with Crippen molar-refractivity contribution in [3.05, 3.63) is 35.4 Å². The lowest BCUT2D eigenvalue weighted by Gasteiger charge is -2.23. The van der Waals surface area contributed by atoms with E-state index in [1.165, 1.54) is 11.1 Å². The predicted octanol–water partition coefficient (Wildman–Crippen LogP) is 2.74. The Kier molecular flexibility index (Phi) is 9.21. The van der Waals surface area contributed by atoms with E-state index in [0.717, 1.165) is 6.42 Å². The molecule has 5 nitrogen and oxygen atoms in total. The highest BCUT2D eigenvalue weighted by Crippen LogP contribution is 2.25. The maximum atomic E-state index is 11.9. The molecular formula is C20H33N3O2. The van der Waals surface area contributed by atoms with E-state index < -0.39 is 0 Å². The Balaban J connectivity index is 2.59. The number of hydrogen-bond donors (Lipinski definition) is 3. The molecule has 0 bridgehead atoms. The van der Waals surface area contributed by atoms with Gasteiger partial charge in [0, 0.05) is 12.6 Å². The van der Waals surface area contributed by atoms with Gasteiger partial charge in [0.15, 0.2) is 0 Å². The summed E-state index contributed by atoms with van der Waals surface area (Å²) in [5, 5.41) is 8.60. The second-order valence-electron chi connectivity index (χ2n) is 6.81. The average molecular weight is 348 g/mol. The highest BCUT2D eigenvalue weighted by atomic mass is 16.2. The minimum Gasteiger partial charge on any atom is -0.355 e. The van der Waals surface area contributed by atoms with Gasteiger partial charge in [-0.1, -0.05) is 52.0 Å². The Morgan fingerprint density at radius 1 is 0.880 bits per heavy atom. The topological polar surface area (TPSA) is 70.2 Å². The average Bonchev–Trinajstić information content (AvgIpc) is 2.60. The zero-order chi connectivity index (χ0) is 18.8. The number of nitrogens with one attached hydrogen (secondary N) is 3. The van der Waals surface area contributed by atoms with E-state index in [9.17, 15) is 9.59 Å². The van der Waals surface area contributed by atoms with Crippen molar-refractivity contribution in [2.75, 3.05) is 19.6 Å². The standard InChI is InChI=1S/C20H33N3O2/c1-6-15(5)16-8-10-17(11-9-16)20(14(3)4)23-13-19(25)22-12-18(24)21-7-2/h8-11,14-15,20,23H,6-7,12-13H2,1-5H3,(H,21,24)(H,22,25)/t15-,20-/m0/s1. The number of likely N-dealkylation sites (N-methyl/N-ethyl adjacent to an activating group) is 1. The number of benzene rings is 1. The van der Waals surface area contributed by atoms with Gasteiger partial charge >= 0.3 is 0 Å². The maximum absolute atomic E-state index is 11.9. The van der Waals surface area contributed by atoms with Crippen molar-refractivity contribution in [2.45, 2.75) is 53.0 Å². The molecule has 1 rings (SSSR count). The smallest absolute Gasteiger partial charge is 0.239 e. The van der Waals surface area contributed by atoms with Crippen LogP contribution >= 0.6 is 0 Å². The van der Waals surface area contributed by atoms with Crippen LogP contribution in [0.15, 0.2) is 24.3 Å². The maximum Gasteiger partial charge on any atom is 0.239 e. The first-order chi connectivity index (χ1) is 11.9. The molecule has 0 aliphatic carbocycles. The van der Waals surface area contributed by atoms with Crippen LogP contribution in [-0.4, -0.2) is 31.4 Å². The fourth-order valence-corrected chi connectivity index (χ4v) is 2.71. The molecule has 0 unspecified atom stereocenters. The Morgan fingerprint density at radius 3 is 1.96 bits per heavy atom. The second kappa shape index (κ2) is 10.9. The number of rotatable bonds is 10. The Hall–Kier alpha value is -1.88. The van der Waals surface area contributed by atoms with Crippen LogP contribution in [0.1, 0.15) is 64.1 Å². The molecule has 5 heteroatoms. The molecule has 0 fully saturated rings. The molecule has 0 aliphatic heterocycles. The molecule has 0 saturated carbocycles. The summed E-state index contributed by atoms with van der Waals surface area (Å²) >= 11 is 0. The largest absolute Gasteiger partial charge is 0.355 e. The first-order valence-electron chi connectivity index (χ1n) is 9.25. The zero-order valence-corrected chi connectivity index (χ0v) is 16.2. The van der Waals surface area contributed by atoms with Crippen LogP contribution in [0.5, 0.6) is 0 Å². The van der Waals surface area contributed by atoms with Gasteiger partial charge in [-0.2, -0.15) is 0 Å². The van der Waals surface area contributed by atoms with E-state index in [1.807, 2.05) is 6.92 Å². The van der Waals surface area contributed by atoms with Gasteiger partial charge < -0.3 is 16.0 Å². The van der Waals surface area contributed by atoms with E-state index in [2.05, 4.69) is 67.9 Å². The van der Waals surface area contributed by atoms with E-state index in [-0.39, 0.29) is 30.9 Å². The van der Waals surface area contributed by atoms with Gasteiger partial charge in [-0.15, -0.1) is 0 Å². The van der Waals surface area contributed by atoms with Gasteiger partial charge in [-0.05, 0) is 36.3 Å². The van der Waals surface area contributed by atoms with E-state index in [1.54, 1.807) is 0 Å². The minimum atomic E-state index is -0.173. The van der Waals surface area contributed by atoms with Crippen LogP contribution in [-0.2, 0) is 9.59 Å². The van der Waals surface area contributed by atoms with Crippen LogP contribution < -0.4 is 16.0 Å². The molecule has 0 saturated heterocycles. The van der Waals surface area contributed by atoms with Crippen molar-refractivity contribution in [1.29, 1.82) is 0 Å². The predicted molar refractivity (Wildman–Crippen MR) is 102 cm³/mol. The number of hydrogen-bond acceptors (Lipinski definition) is 3. The molecular weight excluding hydrogens is 314 g/mol. The van der Waals surface area contributed by atoms with Crippen LogP contribution in [0.3, 0.4) is 0 Å². The van der Waals surface area contributed by atoms with Crippen molar-refractivity contribution in [3.8, 4) is 0 Å². The van der Waals surface area contributed by atoms with Crippen molar-refractivity contribution >= 4 is 11.8 Å². The lowest BCUT2D eigenvalue weighted by Crippen LogP contribution is -2.42. The second-order valence-corrected chi connectivity index (χ2v) is 6.81. The molecule has 0 heterocycles. The Morgan fingerprint density at radius 2 is 1.44 bits per heavy atom. The van der Waals surface area contributed by atoms with Crippen molar-refractivity contribution in [2.24, 2.45) is 5.92 Å². The highest BCUT2D eigenvalue weighted by Gasteiger charge is 2.17. The number of carbonyl (C=O) groups is 2. The Bertz CT molecular complexity index is 540. The quantitative estimate of drug-likeness (QED) is 0.609. The van der Waals surface area contributed by atoms with Crippen LogP contribution in [0.4, 0.5) is 0 Å². The zero-order valence-electron chi connectivity index (χ0n) is 16.2. The van der Waals surface area contributed by atoms with Crippen LogP contribution in [0.2, 0.25) is 0 Å². The van der Waals surface area contributed by atoms with Crippen molar-refractivity contribution < 1.29 is 9.59 Å². The summed E-state index contributed by atoms with van der Waals surface area (Å²) in [7, 11) is 0.